The van der Waals surface area contributed by atoms with E-state index in [1.807, 2.05) is 12.1 Å². The normalized spacial score (nSPS) is 12.9. The van der Waals surface area contributed by atoms with Crippen molar-refractivity contribution in [2.75, 3.05) is 46.9 Å². The first-order chi connectivity index (χ1) is 9.13. The Balaban J connectivity index is 2.16. The predicted octanol–water partition coefficient (Wildman–Crippen LogP) is 1.54. The van der Waals surface area contributed by atoms with Gasteiger partial charge in [0.25, 0.3) is 0 Å². The molecule has 0 saturated heterocycles. The second-order valence-corrected chi connectivity index (χ2v) is 5.00. The van der Waals surface area contributed by atoms with E-state index in [1.165, 1.54) is 0 Å². The smallest absolute Gasteiger partial charge is 0.0914 e. The Morgan fingerprint density at radius 2 is 2.00 bits per heavy atom. The first kappa shape index (κ1) is 16.4. The number of nitrogens with one attached hydrogen (secondary N) is 1. The number of hydrogen-bond acceptors (Lipinski definition) is 4. The van der Waals surface area contributed by atoms with Crippen LogP contribution in [0.15, 0.2) is 24.3 Å². The number of benzene rings is 1. The van der Waals surface area contributed by atoms with Crippen LogP contribution in [0, 0.1) is 0 Å². The number of nitrogens with zero attached hydrogens (tertiary/aromatic N) is 1. The van der Waals surface area contributed by atoms with Gasteiger partial charge >= 0.3 is 0 Å². The van der Waals surface area contributed by atoms with Gasteiger partial charge in [-0.3, -0.25) is 0 Å². The van der Waals surface area contributed by atoms with Crippen LogP contribution in [0.4, 0.5) is 0 Å². The number of methoxy groups -OCH3 is 1. The monoisotopic (exact) mass is 286 g/mol. The summed E-state index contributed by atoms with van der Waals surface area (Å²) in [5.74, 6) is 0. The number of rotatable bonds is 9. The molecule has 1 aromatic rings. The van der Waals surface area contributed by atoms with Gasteiger partial charge in [0, 0.05) is 38.3 Å². The van der Waals surface area contributed by atoms with Gasteiger partial charge in [-0.1, -0.05) is 23.7 Å². The van der Waals surface area contributed by atoms with E-state index in [-0.39, 0.29) is 0 Å². The topological polar surface area (TPSA) is 44.7 Å². The van der Waals surface area contributed by atoms with E-state index < -0.39 is 6.10 Å². The van der Waals surface area contributed by atoms with Gasteiger partial charge in [0.1, 0.15) is 0 Å². The van der Waals surface area contributed by atoms with Crippen molar-refractivity contribution in [3.63, 3.8) is 0 Å². The van der Waals surface area contributed by atoms with Crippen molar-refractivity contribution >= 4 is 11.6 Å². The molecule has 19 heavy (non-hydrogen) atoms. The summed E-state index contributed by atoms with van der Waals surface area (Å²) >= 11 is 5.81. The Kier molecular flexibility index (Phi) is 8.02. The molecule has 2 N–H and O–H groups in total. The third kappa shape index (κ3) is 6.89. The lowest BCUT2D eigenvalue weighted by Gasteiger charge is -2.17. The summed E-state index contributed by atoms with van der Waals surface area (Å²) in [5.41, 5.74) is 0.879. The van der Waals surface area contributed by atoms with Crippen LogP contribution in [0.2, 0.25) is 5.02 Å². The Hall–Kier alpha value is -0.650. The first-order valence-electron chi connectivity index (χ1n) is 6.45. The van der Waals surface area contributed by atoms with E-state index in [9.17, 15) is 5.11 Å². The maximum atomic E-state index is 9.98. The summed E-state index contributed by atoms with van der Waals surface area (Å²) in [6.45, 7) is 3.96. The van der Waals surface area contributed by atoms with E-state index in [2.05, 4.69) is 17.3 Å². The maximum absolute atomic E-state index is 9.98. The van der Waals surface area contributed by atoms with Crippen LogP contribution in [0.3, 0.4) is 0 Å². The number of likely N-dealkylation sites (N-methyl/N-ethyl adjacent to an activating group) is 1. The molecule has 0 aliphatic rings. The fourth-order valence-electron chi connectivity index (χ4n) is 1.67. The van der Waals surface area contributed by atoms with Gasteiger partial charge < -0.3 is 20.1 Å². The second-order valence-electron chi connectivity index (χ2n) is 4.57. The average molecular weight is 287 g/mol. The van der Waals surface area contributed by atoms with E-state index in [1.54, 1.807) is 19.2 Å². The molecule has 5 heteroatoms. The van der Waals surface area contributed by atoms with Crippen LogP contribution in [0.1, 0.15) is 11.7 Å². The molecule has 0 amide bonds. The fraction of sp³-hybridized carbons (Fsp3) is 0.571. The van der Waals surface area contributed by atoms with Crippen molar-refractivity contribution in [2.45, 2.75) is 6.10 Å². The van der Waals surface area contributed by atoms with Crippen molar-refractivity contribution in [3.05, 3.63) is 34.9 Å². The van der Waals surface area contributed by atoms with Crippen molar-refractivity contribution in [2.24, 2.45) is 0 Å². The zero-order chi connectivity index (χ0) is 14.1. The molecule has 1 unspecified atom stereocenters. The van der Waals surface area contributed by atoms with E-state index in [0.717, 1.165) is 31.8 Å². The number of halogens is 1. The molecule has 0 fully saturated rings. The summed E-state index contributed by atoms with van der Waals surface area (Å²) in [6, 6.07) is 7.27. The largest absolute Gasteiger partial charge is 0.387 e. The van der Waals surface area contributed by atoms with Crippen LogP contribution in [0.5, 0.6) is 0 Å². The van der Waals surface area contributed by atoms with Crippen LogP contribution in [0.25, 0.3) is 0 Å². The highest BCUT2D eigenvalue weighted by Gasteiger charge is 2.06. The molecule has 1 atom stereocenters. The number of aliphatic hydroxyl groups is 1. The van der Waals surface area contributed by atoms with Gasteiger partial charge in [-0.05, 0) is 24.7 Å². The average Bonchev–Trinajstić information content (AvgIpc) is 2.41. The molecule has 0 aliphatic heterocycles. The molecule has 0 saturated carbocycles. The molecule has 0 aliphatic carbocycles. The molecule has 0 bridgehead atoms. The first-order valence-corrected chi connectivity index (χ1v) is 6.83. The molecule has 0 radical (unpaired) electrons. The van der Waals surface area contributed by atoms with Crippen LogP contribution in [-0.4, -0.2) is 56.9 Å². The predicted molar refractivity (Wildman–Crippen MR) is 78.7 cm³/mol. The van der Waals surface area contributed by atoms with Crippen LogP contribution in [-0.2, 0) is 4.74 Å². The van der Waals surface area contributed by atoms with Gasteiger partial charge in [0.15, 0.2) is 0 Å². The number of ether oxygens (including phenoxy) is 1. The second kappa shape index (κ2) is 9.28. The van der Waals surface area contributed by atoms with Crippen LogP contribution < -0.4 is 5.32 Å². The van der Waals surface area contributed by atoms with Crippen molar-refractivity contribution in [1.82, 2.24) is 10.2 Å². The summed E-state index contributed by atoms with van der Waals surface area (Å²) < 4.78 is 5.01. The van der Waals surface area contributed by atoms with Gasteiger partial charge in [-0.15, -0.1) is 0 Å². The summed E-state index contributed by atoms with van der Waals surface area (Å²) in [5, 5.41) is 13.9. The minimum absolute atomic E-state index is 0.499. The third-order valence-electron chi connectivity index (χ3n) is 2.94. The number of hydrogen-bond donors (Lipinski definition) is 2. The molecule has 4 nitrogen and oxygen atoms in total. The molecule has 0 spiro atoms. The minimum Gasteiger partial charge on any atom is -0.387 e. The molecule has 1 aromatic carbocycles. The maximum Gasteiger partial charge on any atom is 0.0914 e. The highest BCUT2D eigenvalue weighted by atomic mass is 35.5. The Morgan fingerprint density at radius 3 is 2.63 bits per heavy atom. The zero-order valence-corrected chi connectivity index (χ0v) is 12.4. The van der Waals surface area contributed by atoms with Gasteiger partial charge in [-0.25, -0.2) is 0 Å². The van der Waals surface area contributed by atoms with E-state index in [4.69, 9.17) is 16.3 Å². The van der Waals surface area contributed by atoms with Gasteiger partial charge in [0.05, 0.1) is 12.7 Å². The van der Waals surface area contributed by atoms with Crippen molar-refractivity contribution in [3.8, 4) is 0 Å². The highest BCUT2D eigenvalue weighted by molar-refractivity contribution is 6.30. The standard InChI is InChI=1S/C14H23ClN2O2/c1-17(9-10-19-2)8-7-16-11-14(18)12-3-5-13(15)6-4-12/h3-6,14,16,18H,7-11H2,1-2H3. The Labute approximate surface area is 120 Å². The lowest BCUT2D eigenvalue weighted by Crippen LogP contribution is -2.33. The molecular formula is C14H23ClN2O2. The molecule has 0 aromatic heterocycles. The third-order valence-corrected chi connectivity index (χ3v) is 3.19. The fourth-order valence-corrected chi connectivity index (χ4v) is 1.80. The van der Waals surface area contributed by atoms with Gasteiger partial charge in [0.2, 0.25) is 0 Å². The molecular weight excluding hydrogens is 264 g/mol. The summed E-state index contributed by atoms with van der Waals surface area (Å²) in [4.78, 5) is 2.19. The molecule has 108 valence electrons. The number of aliphatic hydroxyl groups excluding tert-OH is 1. The van der Waals surface area contributed by atoms with Gasteiger partial charge in [-0.2, -0.15) is 0 Å². The lowest BCUT2D eigenvalue weighted by molar-refractivity contribution is 0.156. The van der Waals surface area contributed by atoms with Crippen LogP contribution >= 0.6 is 11.6 Å². The quantitative estimate of drug-likeness (QED) is 0.676. The van der Waals surface area contributed by atoms with E-state index in [0.29, 0.717) is 11.6 Å². The molecule has 1 rings (SSSR count). The van der Waals surface area contributed by atoms with Crippen molar-refractivity contribution in [1.29, 1.82) is 0 Å². The minimum atomic E-state index is -0.499. The highest BCUT2D eigenvalue weighted by Crippen LogP contribution is 2.15. The van der Waals surface area contributed by atoms with E-state index >= 15 is 0 Å². The summed E-state index contributed by atoms with van der Waals surface area (Å²) in [7, 11) is 3.75. The molecule has 0 heterocycles. The SMILES string of the molecule is COCCN(C)CCNCC(O)c1ccc(Cl)cc1. The Morgan fingerprint density at radius 1 is 1.32 bits per heavy atom. The Bertz CT molecular complexity index is 346. The lowest BCUT2D eigenvalue weighted by atomic mass is 10.1. The zero-order valence-electron chi connectivity index (χ0n) is 11.6. The summed E-state index contributed by atoms with van der Waals surface area (Å²) in [6.07, 6.45) is -0.499. The van der Waals surface area contributed by atoms with Crippen molar-refractivity contribution < 1.29 is 9.84 Å².